The Morgan fingerprint density at radius 3 is 3.00 bits per heavy atom. The van der Waals surface area contributed by atoms with Crippen LogP contribution in [0, 0.1) is 0 Å². The minimum absolute atomic E-state index is 0.249. The van der Waals surface area contributed by atoms with Crippen LogP contribution in [0.3, 0.4) is 0 Å². The van der Waals surface area contributed by atoms with Gasteiger partial charge >= 0.3 is 0 Å². The van der Waals surface area contributed by atoms with Gasteiger partial charge < -0.3 is 14.3 Å². The summed E-state index contributed by atoms with van der Waals surface area (Å²) >= 11 is 4.72. The fraction of sp³-hybridized carbons (Fsp3) is 0.0769. The molecule has 0 unspecified atom stereocenters. The predicted octanol–water partition coefficient (Wildman–Crippen LogP) is 3.69. The van der Waals surface area contributed by atoms with Crippen LogP contribution in [-0.2, 0) is 6.54 Å². The molecule has 0 atom stereocenters. The second kappa shape index (κ2) is 5.64. The third-order valence-corrected chi connectivity index (χ3v) is 3.86. The quantitative estimate of drug-likeness (QED) is 0.777. The highest BCUT2D eigenvalue weighted by Crippen LogP contribution is 2.25. The van der Waals surface area contributed by atoms with Gasteiger partial charge in [-0.05, 0) is 39.5 Å². The standard InChI is InChI=1S/C13H9BrN2O3S/c14-12-4-3-9(18-12)13(17)15-7-8-6-10(19-16-8)11-2-1-5-20-11/h1-6H,7H2,(H,15,17). The number of carbonyl (C=O) groups excluding carboxylic acids is 1. The number of aromatic nitrogens is 1. The number of hydrogen-bond acceptors (Lipinski definition) is 5. The van der Waals surface area contributed by atoms with Crippen LogP contribution in [-0.4, -0.2) is 11.1 Å². The molecular formula is C13H9BrN2O3S. The van der Waals surface area contributed by atoms with Crippen LogP contribution in [0.15, 0.2) is 49.3 Å². The molecule has 0 saturated heterocycles. The summed E-state index contributed by atoms with van der Waals surface area (Å²) in [5, 5.41) is 8.60. The largest absolute Gasteiger partial charge is 0.444 e. The van der Waals surface area contributed by atoms with Crippen molar-refractivity contribution in [3.63, 3.8) is 0 Å². The maximum Gasteiger partial charge on any atom is 0.287 e. The predicted molar refractivity (Wildman–Crippen MR) is 77.4 cm³/mol. The zero-order chi connectivity index (χ0) is 13.9. The van der Waals surface area contributed by atoms with Gasteiger partial charge in [0.2, 0.25) is 0 Å². The maximum absolute atomic E-state index is 11.8. The zero-order valence-corrected chi connectivity index (χ0v) is 12.5. The summed E-state index contributed by atoms with van der Waals surface area (Å²) in [6.45, 7) is 0.284. The lowest BCUT2D eigenvalue weighted by Crippen LogP contribution is -2.22. The first kappa shape index (κ1) is 13.1. The Labute approximate surface area is 126 Å². The summed E-state index contributed by atoms with van der Waals surface area (Å²) in [4.78, 5) is 12.8. The van der Waals surface area contributed by atoms with Crippen LogP contribution in [0.2, 0.25) is 0 Å². The average molecular weight is 353 g/mol. The molecular weight excluding hydrogens is 344 g/mol. The highest BCUT2D eigenvalue weighted by Gasteiger charge is 2.12. The van der Waals surface area contributed by atoms with Crippen LogP contribution in [0.4, 0.5) is 0 Å². The number of nitrogens with zero attached hydrogens (tertiary/aromatic N) is 1. The summed E-state index contributed by atoms with van der Waals surface area (Å²) in [5.41, 5.74) is 0.660. The first-order valence-electron chi connectivity index (χ1n) is 5.75. The highest BCUT2D eigenvalue weighted by molar-refractivity contribution is 9.10. The van der Waals surface area contributed by atoms with Gasteiger partial charge in [0.05, 0.1) is 11.4 Å². The van der Waals surface area contributed by atoms with Crippen molar-refractivity contribution in [2.75, 3.05) is 0 Å². The molecule has 0 aromatic carbocycles. The first-order valence-corrected chi connectivity index (χ1v) is 7.42. The number of rotatable bonds is 4. The molecule has 0 saturated carbocycles. The van der Waals surface area contributed by atoms with E-state index in [9.17, 15) is 4.79 Å². The van der Waals surface area contributed by atoms with E-state index in [2.05, 4.69) is 26.4 Å². The molecule has 3 heterocycles. The highest BCUT2D eigenvalue weighted by atomic mass is 79.9. The van der Waals surface area contributed by atoms with E-state index in [4.69, 9.17) is 8.94 Å². The molecule has 3 rings (SSSR count). The van der Waals surface area contributed by atoms with Gasteiger partial charge in [-0.3, -0.25) is 4.79 Å². The topological polar surface area (TPSA) is 68.3 Å². The fourth-order valence-corrected chi connectivity index (χ4v) is 2.60. The lowest BCUT2D eigenvalue weighted by Gasteiger charge is -1.98. The second-order valence-corrected chi connectivity index (χ2v) is 5.68. The van der Waals surface area contributed by atoms with Gasteiger partial charge in [-0.15, -0.1) is 11.3 Å². The minimum Gasteiger partial charge on any atom is -0.444 e. The molecule has 0 radical (unpaired) electrons. The molecule has 0 bridgehead atoms. The summed E-state index contributed by atoms with van der Waals surface area (Å²) in [5.74, 6) is 0.653. The van der Waals surface area contributed by atoms with E-state index in [0.717, 1.165) is 4.88 Å². The van der Waals surface area contributed by atoms with E-state index >= 15 is 0 Å². The Morgan fingerprint density at radius 2 is 2.30 bits per heavy atom. The summed E-state index contributed by atoms with van der Waals surface area (Å²) in [7, 11) is 0. The minimum atomic E-state index is -0.295. The second-order valence-electron chi connectivity index (χ2n) is 3.95. The number of hydrogen-bond donors (Lipinski definition) is 1. The van der Waals surface area contributed by atoms with Crippen molar-refractivity contribution in [2.45, 2.75) is 6.54 Å². The first-order chi connectivity index (χ1) is 9.72. The lowest BCUT2D eigenvalue weighted by molar-refractivity contribution is 0.0921. The van der Waals surface area contributed by atoms with Crippen molar-refractivity contribution in [2.24, 2.45) is 0 Å². The Hall–Kier alpha value is -1.86. The van der Waals surface area contributed by atoms with Gasteiger partial charge in [0.1, 0.15) is 5.69 Å². The smallest absolute Gasteiger partial charge is 0.287 e. The van der Waals surface area contributed by atoms with Crippen LogP contribution < -0.4 is 5.32 Å². The van der Waals surface area contributed by atoms with Crippen molar-refractivity contribution in [3.05, 3.63) is 51.8 Å². The van der Waals surface area contributed by atoms with E-state index < -0.39 is 0 Å². The molecule has 3 aromatic heterocycles. The molecule has 3 aromatic rings. The normalized spacial score (nSPS) is 10.7. The van der Waals surface area contributed by atoms with E-state index in [-0.39, 0.29) is 18.2 Å². The van der Waals surface area contributed by atoms with Crippen LogP contribution >= 0.6 is 27.3 Å². The molecule has 0 spiro atoms. The molecule has 5 nitrogen and oxygen atoms in total. The van der Waals surface area contributed by atoms with E-state index in [1.807, 2.05) is 23.6 Å². The number of furan rings is 1. The number of thiophene rings is 1. The average Bonchev–Trinajstić information content (AvgIpc) is 3.16. The Kier molecular flexibility index (Phi) is 3.70. The number of nitrogens with one attached hydrogen (secondary N) is 1. The van der Waals surface area contributed by atoms with Crippen molar-refractivity contribution < 1.29 is 13.7 Å². The van der Waals surface area contributed by atoms with Gasteiger partial charge in [0.15, 0.2) is 16.2 Å². The van der Waals surface area contributed by atoms with Crippen molar-refractivity contribution in [1.29, 1.82) is 0 Å². The van der Waals surface area contributed by atoms with Crippen molar-refractivity contribution in [1.82, 2.24) is 10.5 Å². The Balaban J connectivity index is 1.63. The zero-order valence-electron chi connectivity index (χ0n) is 10.1. The summed E-state index contributed by atoms with van der Waals surface area (Å²) in [6.07, 6.45) is 0. The molecule has 1 amide bonds. The molecule has 0 fully saturated rings. The molecule has 1 N–H and O–H groups in total. The molecule has 0 aliphatic rings. The van der Waals surface area contributed by atoms with E-state index in [1.165, 1.54) is 0 Å². The summed E-state index contributed by atoms with van der Waals surface area (Å²) < 4.78 is 10.9. The molecule has 0 aliphatic carbocycles. The molecule has 102 valence electrons. The number of halogens is 1. The monoisotopic (exact) mass is 352 g/mol. The third kappa shape index (κ3) is 2.83. The maximum atomic E-state index is 11.8. The Bertz CT molecular complexity index is 718. The van der Waals surface area contributed by atoms with Crippen molar-refractivity contribution in [3.8, 4) is 10.6 Å². The van der Waals surface area contributed by atoms with Gasteiger partial charge in [-0.1, -0.05) is 11.2 Å². The van der Waals surface area contributed by atoms with E-state index in [0.29, 0.717) is 16.1 Å². The van der Waals surface area contributed by atoms with Gasteiger partial charge in [-0.25, -0.2) is 0 Å². The van der Waals surface area contributed by atoms with Crippen LogP contribution in [0.5, 0.6) is 0 Å². The molecule has 20 heavy (non-hydrogen) atoms. The van der Waals surface area contributed by atoms with Gasteiger partial charge in [0.25, 0.3) is 5.91 Å². The third-order valence-electron chi connectivity index (χ3n) is 2.55. The fourth-order valence-electron chi connectivity index (χ4n) is 1.62. The SMILES string of the molecule is O=C(NCc1cc(-c2cccs2)on1)c1ccc(Br)o1. The molecule has 7 heteroatoms. The van der Waals surface area contributed by atoms with Crippen LogP contribution in [0.25, 0.3) is 10.6 Å². The number of amides is 1. The van der Waals surface area contributed by atoms with Crippen molar-refractivity contribution >= 4 is 33.2 Å². The van der Waals surface area contributed by atoms with E-state index in [1.54, 1.807) is 23.5 Å². The lowest BCUT2D eigenvalue weighted by atomic mass is 10.3. The summed E-state index contributed by atoms with van der Waals surface area (Å²) in [6, 6.07) is 8.97. The van der Waals surface area contributed by atoms with Gasteiger partial charge in [-0.2, -0.15) is 0 Å². The Morgan fingerprint density at radius 1 is 1.40 bits per heavy atom. The van der Waals surface area contributed by atoms with Gasteiger partial charge in [0, 0.05) is 6.07 Å². The number of carbonyl (C=O) groups is 1. The van der Waals surface area contributed by atoms with Crippen LogP contribution in [0.1, 0.15) is 16.2 Å². The molecule has 0 aliphatic heterocycles.